The van der Waals surface area contributed by atoms with Crippen LogP contribution in [0.25, 0.3) is 0 Å². The lowest BCUT2D eigenvalue weighted by molar-refractivity contribution is -0.270. The molecule has 0 radical (unpaired) electrons. The van der Waals surface area contributed by atoms with Crippen molar-refractivity contribution in [2.75, 3.05) is 10.6 Å². The molecule has 170 valence electrons. The van der Waals surface area contributed by atoms with Gasteiger partial charge in [-0.15, -0.1) is 0 Å². The van der Waals surface area contributed by atoms with Gasteiger partial charge in [-0.05, 0) is 30.7 Å². The van der Waals surface area contributed by atoms with E-state index < -0.39 is 29.9 Å². The lowest BCUT2D eigenvalue weighted by Crippen LogP contribution is -2.46. The summed E-state index contributed by atoms with van der Waals surface area (Å²) < 4.78 is 41.9. The van der Waals surface area contributed by atoms with Gasteiger partial charge in [0.05, 0.1) is 17.1 Å². The molecule has 0 spiro atoms. The number of amides is 1. The molecule has 1 heterocycles. The van der Waals surface area contributed by atoms with Gasteiger partial charge >= 0.3 is 6.18 Å². The molecule has 32 heavy (non-hydrogen) atoms. The van der Waals surface area contributed by atoms with E-state index >= 15 is 0 Å². The van der Waals surface area contributed by atoms with Crippen LogP contribution < -0.4 is 10.6 Å². The highest BCUT2D eigenvalue weighted by atomic mass is 35.5. The summed E-state index contributed by atoms with van der Waals surface area (Å²) in [5.74, 6) is -1.71. The zero-order chi connectivity index (χ0) is 23.5. The molecular weight excluding hydrogens is 445 g/mol. The SMILES string of the molecule is CC(Nc1ccc(NC(=O)CC(O)(c2nccn2C)C(F)(F)F)cc1Cl)c1ccccc1. The van der Waals surface area contributed by atoms with Crippen LogP contribution in [-0.4, -0.2) is 26.7 Å². The molecule has 1 amide bonds. The number of alkyl halides is 3. The first-order valence-corrected chi connectivity index (χ1v) is 10.1. The average Bonchev–Trinajstić information content (AvgIpc) is 3.16. The van der Waals surface area contributed by atoms with Crippen LogP contribution in [0, 0.1) is 0 Å². The number of aliphatic hydroxyl groups is 1. The number of benzene rings is 2. The van der Waals surface area contributed by atoms with Crippen molar-refractivity contribution in [2.24, 2.45) is 7.05 Å². The third-order valence-corrected chi connectivity index (χ3v) is 5.31. The predicted octanol–water partition coefficient (Wildman–Crippen LogP) is 5.03. The third kappa shape index (κ3) is 5.05. The number of aryl methyl sites for hydroxylation is 1. The molecule has 0 saturated carbocycles. The minimum Gasteiger partial charge on any atom is -0.377 e. The molecule has 2 unspecified atom stereocenters. The molecule has 0 bridgehead atoms. The van der Waals surface area contributed by atoms with Gasteiger partial charge in [-0.2, -0.15) is 13.2 Å². The number of aromatic nitrogens is 2. The Bertz CT molecular complexity index is 1090. The molecule has 0 aliphatic heterocycles. The molecule has 10 heteroatoms. The maximum atomic E-state index is 13.6. The lowest BCUT2D eigenvalue weighted by atomic mass is 9.97. The first kappa shape index (κ1) is 23.6. The van der Waals surface area contributed by atoms with Gasteiger partial charge in [-0.1, -0.05) is 41.9 Å². The van der Waals surface area contributed by atoms with Crippen LogP contribution in [0.1, 0.15) is 30.8 Å². The number of imidazole rings is 1. The van der Waals surface area contributed by atoms with Crippen molar-refractivity contribution in [1.82, 2.24) is 9.55 Å². The third-order valence-electron chi connectivity index (χ3n) is 5.00. The fourth-order valence-electron chi connectivity index (χ4n) is 3.28. The van der Waals surface area contributed by atoms with Crippen molar-refractivity contribution < 1.29 is 23.1 Å². The molecular formula is C22H22ClF3N4O2. The van der Waals surface area contributed by atoms with E-state index in [0.717, 1.165) is 16.3 Å². The minimum absolute atomic E-state index is 0.0475. The molecule has 0 aliphatic carbocycles. The number of nitrogens with zero attached hydrogens (tertiary/aromatic N) is 2. The zero-order valence-electron chi connectivity index (χ0n) is 17.3. The van der Waals surface area contributed by atoms with Gasteiger partial charge in [0.1, 0.15) is 0 Å². The van der Waals surface area contributed by atoms with E-state index in [4.69, 9.17) is 11.6 Å². The molecule has 0 aliphatic rings. The van der Waals surface area contributed by atoms with Crippen LogP contribution >= 0.6 is 11.6 Å². The summed E-state index contributed by atoms with van der Waals surface area (Å²) >= 11 is 6.30. The van der Waals surface area contributed by atoms with E-state index in [1.807, 2.05) is 37.3 Å². The summed E-state index contributed by atoms with van der Waals surface area (Å²) in [6.07, 6.45) is -4.00. The van der Waals surface area contributed by atoms with E-state index in [0.29, 0.717) is 5.69 Å². The highest BCUT2D eigenvalue weighted by molar-refractivity contribution is 6.33. The number of hydrogen-bond donors (Lipinski definition) is 3. The minimum atomic E-state index is -5.11. The van der Waals surface area contributed by atoms with Crippen LogP contribution in [0.3, 0.4) is 0 Å². The number of rotatable bonds is 7. The van der Waals surface area contributed by atoms with Crippen molar-refractivity contribution in [3.8, 4) is 0 Å². The Morgan fingerprint density at radius 3 is 2.47 bits per heavy atom. The van der Waals surface area contributed by atoms with Crippen LogP contribution in [0.15, 0.2) is 60.9 Å². The van der Waals surface area contributed by atoms with Crippen LogP contribution in [-0.2, 0) is 17.4 Å². The topological polar surface area (TPSA) is 79.2 Å². The molecule has 3 aromatic rings. The second-order valence-electron chi connectivity index (χ2n) is 7.42. The fraction of sp³-hybridized carbons (Fsp3) is 0.273. The summed E-state index contributed by atoms with van der Waals surface area (Å²) in [6, 6.07) is 14.2. The number of carbonyl (C=O) groups is 1. The van der Waals surface area contributed by atoms with E-state index in [-0.39, 0.29) is 16.8 Å². The molecule has 6 nitrogen and oxygen atoms in total. The quantitative estimate of drug-likeness (QED) is 0.456. The predicted molar refractivity (Wildman–Crippen MR) is 116 cm³/mol. The Balaban J connectivity index is 1.72. The first-order valence-electron chi connectivity index (χ1n) is 9.69. The van der Waals surface area contributed by atoms with Gasteiger partial charge in [0, 0.05) is 31.2 Å². The second kappa shape index (κ2) is 9.22. The second-order valence-corrected chi connectivity index (χ2v) is 7.82. The molecule has 2 aromatic carbocycles. The summed E-state index contributed by atoms with van der Waals surface area (Å²) in [7, 11) is 1.30. The smallest absolute Gasteiger partial charge is 0.377 e. The van der Waals surface area contributed by atoms with E-state index in [1.54, 1.807) is 6.07 Å². The molecule has 3 rings (SSSR count). The standard InChI is InChI=1S/C22H22ClF3N4O2/c1-14(15-6-4-3-5-7-15)28-18-9-8-16(12-17(18)23)29-19(31)13-21(32,22(24,25)26)20-27-10-11-30(20)2/h3-12,14,28,32H,13H2,1-2H3,(H,29,31). The van der Waals surface area contributed by atoms with Crippen LogP contribution in [0.4, 0.5) is 24.5 Å². The monoisotopic (exact) mass is 466 g/mol. The molecule has 2 atom stereocenters. The van der Waals surface area contributed by atoms with E-state index in [1.165, 1.54) is 25.4 Å². The fourth-order valence-corrected chi connectivity index (χ4v) is 3.51. The zero-order valence-corrected chi connectivity index (χ0v) is 18.1. The number of hydrogen-bond acceptors (Lipinski definition) is 4. The van der Waals surface area contributed by atoms with Gasteiger partial charge in [-0.3, -0.25) is 4.79 Å². The van der Waals surface area contributed by atoms with Crippen LogP contribution in [0.5, 0.6) is 0 Å². The number of carbonyl (C=O) groups excluding carboxylic acids is 1. The molecule has 0 fully saturated rings. The molecule has 0 saturated heterocycles. The van der Waals surface area contributed by atoms with Crippen LogP contribution in [0.2, 0.25) is 5.02 Å². The highest BCUT2D eigenvalue weighted by Gasteiger charge is 2.58. The number of nitrogens with one attached hydrogen (secondary N) is 2. The van der Waals surface area contributed by atoms with E-state index in [2.05, 4.69) is 15.6 Å². The number of anilines is 2. The summed E-state index contributed by atoms with van der Waals surface area (Å²) in [5, 5.41) is 16.2. The average molecular weight is 467 g/mol. The van der Waals surface area contributed by atoms with E-state index in [9.17, 15) is 23.1 Å². The normalized spacial score (nSPS) is 14.5. The first-order chi connectivity index (χ1) is 15.0. The Kier molecular flexibility index (Phi) is 6.80. The Morgan fingerprint density at radius 2 is 1.91 bits per heavy atom. The summed E-state index contributed by atoms with van der Waals surface area (Å²) in [4.78, 5) is 15.9. The Hall–Kier alpha value is -3.04. The van der Waals surface area contributed by atoms with Crippen molar-refractivity contribution in [3.63, 3.8) is 0 Å². The summed E-state index contributed by atoms with van der Waals surface area (Å²) in [6.45, 7) is 1.96. The van der Waals surface area contributed by atoms with Gasteiger partial charge in [0.15, 0.2) is 5.82 Å². The maximum Gasteiger partial charge on any atom is 0.425 e. The van der Waals surface area contributed by atoms with Crippen molar-refractivity contribution in [2.45, 2.75) is 31.2 Å². The van der Waals surface area contributed by atoms with Crippen molar-refractivity contribution >= 4 is 28.9 Å². The Morgan fingerprint density at radius 1 is 1.22 bits per heavy atom. The Labute approximate surface area is 188 Å². The van der Waals surface area contributed by atoms with Crippen molar-refractivity contribution in [1.29, 1.82) is 0 Å². The lowest BCUT2D eigenvalue weighted by Gasteiger charge is -2.29. The highest BCUT2D eigenvalue weighted by Crippen LogP contribution is 2.41. The van der Waals surface area contributed by atoms with Gasteiger partial charge in [0.2, 0.25) is 11.5 Å². The van der Waals surface area contributed by atoms with Gasteiger partial charge in [0.25, 0.3) is 0 Å². The molecule has 3 N–H and O–H groups in total. The molecule has 1 aromatic heterocycles. The van der Waals surface area contributed by atoms with Gasteiger partial charge in [-0.25, -0.2) is 4.98 Å². The largest absolute Gasteiger partial charge is 0.425 e. The van der Waals surface area contributed by atoms with Crippen molar-refractivity contribution in [3.05, 3.63) is 77.3 Å². The number of halogens is 4. The maximum absolute atomic E-state index is 13.6. The van der Waals surface area contributed by atoms with Gasteiger partial charge < -0.3 is 20.3 Å². The summed E-state index contributed by atoms with van der Waals surface area (Å²) in [5.41, 5.74) is -1.60.